The molecule has 4 atom stereocenters. The molecule has 27 heavy (non-hydrogen) atoms. The zero-order chi connectivity index (χ0) is 19.1. The Hall–Kier alpha value is -1.57. The topological polar surface area (TPSA) is 59.6 Å². The van der Waals surface area contributed by atoms with Gasteiger partial charge >= 0.3 is 0 Å². The second kappa shape index (κ2) is 10.1. The zero-order valence-corrected chi connectivity index (χ0v) is 16.7. The number of ether oxygens (including phenoxy) is 2. The highest BCUT2D eigenvalue weighted by Crippen LogP contribution is 2.22. The molecular weight excluding hydrogens is 360 g/mol. The lowest BCUT2D eigenvalue weighted by atomic mass is 10.1. The van der Waals surface area contributed by atoms with Crippen molar-refractivity contribution in [1.29, 1.82) is 0 Å². The van der Waals surface area contributed by atoms with Crippen LogP contribution in [0.15, 0.2) is 54.6 Å². The zero-order valence-electron chi connectivity index (χ0n) is 15.9. The first kappa shape index (κ1) is 20.2. The summed E-state index contributed by atoms with van der Waals surface area (Å²) in [4.78, 5) is 0. The van der Waals surface area contributed by atoms with Gasteiger partial charge in [-0.1, -0.05) is 54.6 Å². The minimum atomic E-state index is -1.01. The minimum Gasteiger partial charge on any atom is -0.371 e. The second-order valence-electron chi connectivity index (χ2n) is 6.85. The summed E-state index contributed by atoms with van der Waals surface area (Å²) in [6, 6.07) is 18.6. The van der Waals surface area contributed by atoms with Crippen molar-refractivity contribution >= 4 is 11.0 Å². The SMILES string of the molecule is C[C@@H](NS(C)=O)c1ccc(CNCC2COC(c3ccccc3)CO2)cc1. The Morgan fingerprint density at radius 3 is 2.44 bits per heavy atom. The van der Waals surface area contributed by atoms with Gasteiger partial charge in [-0.15, -0.1) is 0 Å². The molecule has 2 aromatic rings. The van der Waals surface area contributed by atoms with E-state index < -0.39 is 11.0 Å². The smallest absolute Gasteiger partial charge is 0.106 e. The molecule has 0 bridgehead atoms. The van der Waals surface area contributed by atoms with Gasteiger partial charge in [-0.2, -0.15) is 0 Å². The van der Waals surface area contributed by atoms with Crippen LogP contribution in [0.4, 0.5) is 0 Å². The van der Waals surface area contributed by atoms with Crippen LogP contribution in [0, 0.1) is 0 Å². The molecule has 0 amide bonds. The third-order valence-electron chi connectivity index (χ3n) is 4.66. The van der Waals surface area contributed by atoms with E-state index in [-0.39, 0.29) is 18.2 Å². The monoisotopic (exact) mass is 388 g/mol. The molecule has 5 nitrogen and oxygen atoms in total. The maximum atomic E-state index is 11.3. The summed E-state index contributed by atoms with van der Waals surface area (Å²) < 4.78 is 26.2. The third kappa shape index (κ3) is 6.23. The number of hydrogen-bond donors (Lipinski definition) is 2. The summed E-state index contributed by atoms with van der Waals surface area (Å²) in [6.45, 7) is 4.75. The average molecular weight is 389 g/mol. The molecule has 1 heterocycles. The second-order valence-corrected chi connectivity index (χ2v) is 8.00. The predicted octanol–water partition coefficient (Wildman–Crippen LogP) is 2.88. The highest BCUT2D eigenvalue weighted by molar-refractivity contribution is 7.82. The summed E-state index contributed by atoms with van der Waals surface area (Å²) >= 11 is 0. The molecule has 6 heteroatoms. The third-order valence-corrected chi connectivity index (χ3v) is 5.35. The van der Waals surface area contributed by atoms with Crippen LogP contribution in [-0.2, 0) is 27.0 Å². The molecule has 0 saturated carbocycles. The minimum absolute atomic E-state index is 0.0306. The van der Waals surface area contributed by atoms with Crippen LogP contribution in [0.1, 0.15) is 35.8 Å². The van der Waals surface area contributed by atoms with Gasteiger partial charge in [-0.3, -0.25) is 0 Å². The Kier molecular flexibility index (Phi) is 7.55. The van der Waals surface area contributed by atoms with Gasteiger partial charge in [0.25, 0.3) is 0 Å². The number of nitrogens with one attached hydrogen (secondary N) is 2. The van der Waals surface area contributed by atoms with Crippen molar-refractivity contribution in [2.24, 2.45) is 0 Å². The van der Waals surface area contributed by atoms with Crippen molar-refractivity contribution in [2.75, 3.05) is 26.0 Å². The number of benzene rings is 2. The van der Waals surface area contributed by atoms with E-state index in [1.54, 1.807) is 6.26 Å². The number of hydrogen-bond acceptors (Lipinski definition) is 4. The van der Waals surface area contributed by atoms with Gasteiger partial charge < -0.3 is 14.8 Å². The van der Waals surface area contributed by atoms with Crippen LogP contribution in [0.3, 0.4) is 0 Å². The van der Waals surface area contributed by atoms with Gasteiger partial charge in [0, 0.05) is 25.4 Å². The lowest BCUT2D eigenvalue weighted by Crippen LogP contribution is -2.38. The van der Waals surface area contributed by atoms with Crippen LogP contribution in [0.2, 0.25) is 0 Å². The molecular formula is C21H28N2O3S. The van der Waals surface area contributed by atoms with Crippen LogP contribution in [-0.4, -0.2) is 36.3 Å². The molecule has 1 aliphatic heterocycles. The van der Waals surface area contributed by atoms with Gasteiger partial charge in [-0.05, 0) is 23.6 Å². The van der Waals surface area contributed by atoms with E-state index in [2.05, 4.69) is 46.4 Å². The molecule has 0 aliphatic carbocycles. The molecule has 1 fully saturated rings. The van der Waals surface area contributed by atoms with Crippen molar-refractivity contribution in [2.45, 2.75) is 31.7 Å². The Bertz CT molecular complexity index is 716. The fourth-order valence-electron chi connectivity index (χ4n) is 3.14. The van der Waals surface area contributed by atoms with Crippen molar-refractivity contribution in [3.63, 3.8) is 0 Å². The molecule has 3 rings (SSSR count). The quantitative estimate of drug-likeness (QED) is 0.730. The van der Waals surface area contributed by atoms with E-state index in [4.69, 9.17) is 9.47 Å². The van der Waals surface area contributed by atoms with E-state index >= 15 is 0 Å². The fourth-order valence-corrected chi connectivity index (χ4v) is 3.77. The van der Waals surface area contributed by atoms with Gasteiger partial charge in [0.1, 0.15) is 6.10 Å². The van der Waals surface area contributed by atoms with Crippen molar-refractivity contribution in [3.05, 3.63) is 71.3 Å². The predicted molar refractivity (Wildman–Crippen MR) is 109 cm³/mol. The maximum absolute atomic E-state index is 11.3. The Morgan fingerprint density at radius 1 is 1.07 bits per heavy atom. The first-order chi connectivity index (χ1) is 13.1. The summed E-state index contributed by atoms with van der Waals surface area (Å²) in [5, 5.41) is 3.44. The molecule has 1 aliphatic rings. The van der Waals surface area contributed by atoms with Gasteiger partial charge in [-0.25, -0.2) is 8.93 Å². The van der Waals surface area contributed by atoms with Crippen LogP contribution >= 0.6 is 0 Å². The maximum Gasteiger partial charge on any atom is 0.106 e. The van der Waals surface area contributed by atoms with E-state index in [0.717, 1.165) is 18.7 Å². The summed E-state index contributed by atoms with van der Waals surface area (Å²) in [7, 11) is -1.01. The van der Waals surface area contributed by atoms with Gasteiger partial charge in [0.15, 0.2) is 0 Å². The molecule has 0 aromatic heterocycles. The van der Waals surface area contributed by atoms with E-state index in [1.807, 2.05) is 25.1 Å². The molecule has 0 spiro atoms. The largest absolute Gasteiger partial charge is 0.371 e. The molecule has 1 saturated heterocycles. The molecule has 146 valence electrons. The van der Waals surface area contributed by atoms with E-state index in [9.17, 15) is 4.21 Å². The van der Waals surface area contributed by atoms with E-state index in [1.165, 1.54) is 11.1 Å². The lowest BCUT2D eigenvalue weighted by molar-refractivity contribution is -0.133. The number of rotatable bonds is 8. The highest BCUT2D eigenvalue weighted by Gasteiger charge is 2.23. The van der Waals surface area contributed by atoms with Crippen molar-refractivity contribution in [3.8, 4) is 0 Å². The Morgan fingerprint density at radius 2 is 1.81 bits per heavy atom. The molecule has 2 aromatic carbocycles. The van der Waals surface area contributed by atoms with E-state index in [0.29, 0.717) is 13.2 Å². The first-order valence-electron chi connectivity index (χ1n) is 9.29. The Labute approximate surface area is 164 Å². The summed E-state index contributed by atoms with van der Waals surface area (Å²) in [6.07, 6.45) is 1.75. The van der Waals surface area contributed by atoms with Gasteiger partial charge in [0.05, 0.1) is 30.3 Å². The Balaban J connectivity index is 1.38. The standard InChI is InChI=1S/C21H28N2O3S/c1-16(23-27(2)24)18-10-8-17(9-11-18)12-22-13-20-14-26-21(15-25-20)19-6-4-3-5-7-19/h3-11,16,20-23H,12-15H2,1-2H3/t16-,20?,21?,27?/m1/s1. The van der Waals surface area contributed by atoms with Crippen molar-refractivity contribution in [1.82, 2.24) is 10.0 Å². The van der Waals surface area contributed by atoms with Gasteiger partial charge in [0.2, 0.25) is 0 Å². The van der Waals surface area contributed by atoms with Crippen LogP contribution in [0.5, 0.6) is 0 Å². The normalized spacial score (nSPS) is 22.3. The fraction of sp³-hybridized carbons (Fsp3) is 0.429. The molecule has 3 unspecified atom stereocenters. The van der Waals surface area contributed by atoms with Crippen LogP contribution < -0.4 is 10.0 Å². The van der Waals surface area contributed by atoms with Crippen LogP contribution in [0.25, 0.3) is 0 Å². The molecule has 0 radical (unpaired) electrons. The lowest BCUT2D eigenvalue weighted by Gasteiger charge is -2.30. The van der Waals surface area contributed by atoms with Crippen molar-refractivity contribution < 1.29 is 13.7 Å². The highest BCUT2D eigenvalue weighted by atomic mass is 32.2. The average Bonchev–Trinajstić information content (AvgIpc) is 2.69. The summed E-state index contributed by atoms with van der Waals surface area (Å²) in [5.41, 5.74) is 3.51. The molecule has 2 N–H and O–H groups in total. The summed E-state index contributed by atoms with van der Waals surface area (Å²) in [5.74, 6) is 0. The first-order valence-corrected chi connectivity index (χ1v) is 10.8.